The lowest BCUT2D eigenvalue weighted by Gasteiger charge is -2.16. The predicted molar refractivity (Wildman–Crippen MR) is 94.6 cm³/mol. The number of amides is 1. The van der Waals surface area contributed by atoms with Gasteiger partial charge in [-0.25, -0.2) is 0 Å². The smallest absolute Gasteiger partial charge is 0.271 e. The molecule has 0 fully saturated rings. The van der Waals surface area contributed by atoms with Crippen molar-refractivity contribution in [3.05, 3.63) is 57.1 Å². The largest absolute Gasteiger partial charge is 0.495 e. The highest BCUT2D eigenvalue weighted by molar-refractivity contribution is 6.31. The van der Waals surface area contributed by atoms with Crippen molar-refractivity contribution in [1.82, 2.24) is 0 Å². The number of nitro benzene ring substituents is 1. The summed E-state index contributed by atoms with van der Waals surface area (Å²) in [7, 11) is 1.41. The molecule has 0 aromatic heterocycles. The SMILES string of the molecule is COc1ccc([N+](=O)[O-])cc1NC(=O)[C@H](C)Oc1ccc(Cl)c(C)c1. The second-order valence-corrected chi connectivity index (χ2v) is 5.71. The van der Waals surface area contributed by atoms with Gasteiger partial charge in [0.15, 0.2) is 6.10 Å². The number of nitrogens with zero attached hydrogens (tertiary/aromatic N) is 1. The fourth-order valence-corrected chi connectivity index (χ4v) is 2.21. The number of rotatable bonds is 6. The molecule has 0 radical (unpaired) electrons. The normalized spacial score (nSPS) is 11.5. The highest BCUT2D eigenvalue weighted by atomic mass is 35.5. The van der Waals surface area contributed by atoms with Crippen LogP contribution >= 0.6 is 11.6 Å². The number of benzene rings is 2. The number of nitrogens with one attached hydrogen (secondary N) is 1. The van der Waals surface area contributed by atoms with Crippen LogP contribution in [0, 0.1) is 17.0 Å². The Balaban J connectivity index is 2.13. The molecule has 0 aliphatic carbocycles. The Hall–Kier alpha value is -2.80. The van der Waals surface area contributed by atoms with E-state index < -0.39 is 16.9 Å². The van der Waals surface area contributed by atoms with Gasteiger partial charge in [0.2, 0.25) is 0 Å². The summed E-state index contributed by atoms with van der Waals surface area (Å²) in [6, 6.07) is 9.01. The zero-order valence-electron chi connectivity index (χ0n) is 13.9. The van der Waals surface area contributed by atoms with Gasteiger partial charge in [-0.1, -0.05) is 11.6 Å². The van der Waals surface area contributed by atoms with Gasteiger partial charge < -0.3 is 14.8 Å². The molecule has 0 saturated carbocycles. The highest BCUT2D eigenvalue weighted by Gasteiger charge is 2.19. The van der Waals surface area contributed by atoms with Crippen molar-refractivity contribution in [1.29, 1.82) is 0 Å². The number of ether oxygens (including phenoxy) is 2. The Bertz CT molecular complexity index is 810. The predicted octanol–water partition coefficient (Wildman–Crippen LogP) is 3.97. The van der Waals surface area contributed by atoms with Gasteiger partial charge in [0.25, 0.3) is 11.6 Å². The van der Waals surface area contributed by atoms with Gasteiger partial charge in [-0.3, -0.25) is 14.9 Å². The summed E-state index contributed by atoms with van der Waals surface area (Å²) in [6.45, 7) is 3.40. The molecule has 0 unspecified atom stereocenters. The molecule has 1 atom stereocenters. The zero-order chi connectivity index (χ0) is 18.6. The van der Waals surface area contributed by atoms with Crippen LogP contribution in [0.25, 0.3) is 0 Å². The lowest BCUT2D eigenvalue weighted by molar-refractivity contribution is -0.384. The summed E-state index contributed by atoms with van der Waals surface area (Å²) in [4.78, 5) is 22.7. The number of anilines is 1. The Morgan fingerprint density at radius 1 is 1.28 bits per heavy atom. The van der Waals surface area contributed by atoms with Crippen LogP contribution in [-0.4, -0.2) is 24.0 Å². The zero-order valence-corrected chi connectivity index (χ0v) is 14.7. The molecule has 1 amide bonds. The number of halogens is 1. The molecule has 7 nitrogen and oxygen atoms in total. The molecule has 1 N–H and O–H groups in total. The summed E-state index contributed by atoms with van der Waals surface area (Å²) in [5, 5.41) is 14.1. The number of hydrogen-bond acceptors (Lipinski definition) is 5. The fourth-order valence-electron chi connectivity index (χ4n) is 2.09. The molecule has 0 aliphatic heterocycles. The third-order valence-electron chi connectivity index (χ3n) is 3.46. The second-order valence-electron chi connectivity index (χ2n) is 5.30. The van der Waals surface area contributed by atoms with E-state index in [1.807, 2.05) is 6.92 Å². The first-order valence-corrected chi connectivity index (χ1v) is 7.75. The van der Waals surface area contributed by atoms with Crippen LogP contribution in [0.1, 0.15) is 12.5 Å². The van der Waals surface area contributed by atoms with E-state index in [2.05, 4.69) is 5.32 Å². The molecule has 0 spiro atoms. The van der Waals surface area contributed by atoms with Crippen molar-refractivity contribution in [3.8, 4) is 11.5 Å². The molecule has 2 rings (SSSR count). The highest BCUT2D eigenvalue weighted by Crippen LogP contribution is 2.29. The van der Waals surface area contributed by atoms with Crippen molar-refractivity contribution in [2.24, 2.45) is 0 Å². The van der Waals surface area contributed by atoms with Gasteiger partial charge in [-0.05, 0) is 43.7 Å². The Kier molecular flexibility index (Phi) is 5.82. The molecule has 0 aliphatic rings. The minimum Gasteiger partial charge on any atom is -0.495 e. The lowest BCUT2D eigenvalue weighted by Crippen LogP contribution is -2.30. The monoisotopic (exact) mass is 364 g/mol. The van der Waals surface area contributed by atoms with Gasteiger partial charge in [0.1, 0.15) is 11.5 Å². The topological polar surface area (TPSA) is 90.7 Å². The van der Waals surface area contributed by atoms with Gasteiger partial charge in [0.05, 0.1) is 17.7 Å². The summed E-state index contributed by atoms with van der Waals surface area (Å²) in [5.74, 6) is 0.343. The number of nitro groups is 1. The first-order valence-electron chi connectivity index (χ1n) is 7.38. The summed E-state index contributed by atoms with van der Waals surface area (Å²) in [5.41, 5.74) is 0.870. The van der Waals surface area contributed by atoms with Gasteiger partial charge in [-0.15, -0.1) is 0 Å². The lowest BCUT2D eigenvalue weighted by atomic mass is 10.2. The summed E-state index contributed by atoms with van der Waals surface area (Å²) < 4.78 is 10.7. The maximum atomic E-state index is 12.3. The van der Waals surface area contributed by atoms with E-state index in [0.717, 1.165) is 5.56 Å². The van der Waals surface area contributed by atoms with Crippen LogP contribution in [0.2, 0.25) is 5.02 Å². The van der Waals surface area contributed by atoms with Crippen LogP contribution in [0.15, 0.2) is 36.4 Å². The summed E-state index contributed by atoms with van der Waals surface area (Å²) in [6.07, 6.45) is -0.829. The van der Waals surface area contributed by atoms with Gasteiger partial charge in [-0.2, -0.15) is 0 Å². The van der Waals surface area contributed by atoms with Crippen molar-refractivity contribution < 1.29 is 19.2 Å². The van der Waals surface area contributed by atoms with E-state index >= 15 is 0 Å². The number of carbonyl (C=O) groups is 1. The number of carbonyl (C=O) groups excluding carboxylic acids is 1. The molecule has 132 valence electrons. The van der Waals surface area contributed by atoms with Gasteiger partial charge >= 0.3 is 0 Å². The van der Waals surface area contributed by atoms with E-state index in [1.54, 1.807) is 25.1 Å². The fraction of sp³-hybridized carbons (Fsp3) is 0.235. The average Bonchev–Trinajstić information content (AvgIpc) is 2.57. The van der Waals surface area contributed by atoms with Crippen LogP contribution in [0.5, 0.6) is 11.5 Å². The van der Waals surface area contributed by atoms with E-state index in [4.69, 9.17) is 21.1 Å². The van der Waals surface area contributed by atoms with Crippen LogP contribution < -0.4 is 14.8 Å². The number of hydrogen-bond donors (Lipinski definition) is 1. The van der Waals surface area contributed by atoms with Crippen LogP contribution in [0.3, 0.4) is 0 Å². The first-order chi connectivity index (χ1) is 11.8. The Labute approximate surface area is 149 Å². The van der Waals surface area contributed by atoms with E-state index in [0.29, 0.717) is 16.5 Å². The molecular formula is C17H17ClN2O5. The van der Waals surface area contributed by atoms with E-state index in [1.165, 1.54) is 25.3 Å². The average molecular weight is 365 g/mol. The Morgan fingerprint density at radius 3 is 2.60 bits per heavy atom. The molecule has 2 aromatic rings. The molecule has 0 heterocycles. The molecule has 8 heteroatoms. The molecule has 0 saturated heterocycles. The standard InChI is InChI=1S/C17H17ClN2O5/c1-10-8-13(5-6-14(10)18)25-11(2)17(21)19-15-9-12(20(22)23)4-7-16(15)24-3/h4-9,11H,1-3H3,(H,19,21)/t11-/m0/s1. The maximum absolute atomic E-state index is 12.3. The third-order valence-corrected chi connectivity index (χ3v) is 3.89. The van der Waals surface area contributed by atoms with Crippen LogP contribution in [0.4, 0.5) is 11.4 Å². The first kappa shape index (κ1) is 18.5. The van der Waals surface area contributed by atoms with Crippen LogP contribution in [-0.2, 0) is 4.79 Å². The molecule has 0 bridgehead atoms. The minimum atomic E-state index is -0.829. The number of methoxy groups -OCH3 is 1. The van der Waals surface area contributed by atoms with E-state index in [9.17, 15) is 14.9 Å². The van der Waals surface area contributed by atoms with Crippen molar-refractivity contribution in [3.63, 3.8) is 0 Å². The Morgan fingerprint density at radius 2 is 2.00 bits per heavy atom. The van der Waals surface area contributed by atoms with Crippen molar-refractivity contribution >= 4 is 28.9 Å². The third kappa shape index (κ3) is 4.60. The summed E-state index contributed by atoms with van der Waals surface area (Å²) >= 11 is 5.96. The molecular weight excluding hydrogens is 348 g/mol. The molecule has 25 heavy (non-hydrogen) atoms. The number of aryl methyl sites for hydroxylation is 1. The molecule has 2 aromatic carbocycles. The van der Waals surface area contributed by atoms with E-state index in [-0.39, 0.29) is 11.4 Å². The number of non-ortho nitro benzene ring substituents is 1. The maximum Gasteiger partial charge on any atom is 0.271 e. The second kappa shape index (κ2) is 7.85. The van der Waals surface area contributed by atoms with Gasteiger partial charge in [0, 0.05) is 17.2 Å². The minimum absolute atomic E-state index is 0.155. The van der Waals surface area contributed by atoms with Crippen molar-refractivity contribution in [2.75, 3.05) is 12.4 Å². The van der Waals surface area contributed by atoms with Crippen molar-refractivity contribution in [2.45, 2.75) is 20.0 Å². The quantitative estimate of drug-likeness (QED) is 0.618.